The zero-order chi connectivity index (χ0) is 11.7. The van der Waals surface area contributed by atoms with E-state index in [1.165, 1.54) is 0 Å². The van der Waals surface area contributed by atoms with E-state index in [2.05, 4.69) is 11.7 Å². The first-order valence-electron chi connectivity index (χ1n) is 3.87. The van der Waals surface area contributed by atoms with Crippen LogP contribution < -0.4 is 22.5 Å². The van der Waals surface area contributed by atoms with Gasteiger partial charge in [-0.05, 0) is 12.1 Å². The summed E-state index contributed by atoms with van der Waals surface area (Å²) < 4.78 is 0. The molecule has 0 heterocycles. The number of carboxylic acid groups (broad SMARTS) is 1. The van der Waals surface area contributed by atoms with Gasteiger partial charge in [0.2, 0.25) is 0 Å². The summed E-state index contributed by atoms with van der Waals surface area (Å²) in [6.07, 6.45) is 0. The van der Waals surface area contributed by atoms with Gasteiger partial charge in [-0.1, -0.05) is 18.2 Å². The van der Waals surface area contributed by atoms with Crippen LogP contribution in [0.1, 0.15) is 10.4 Å². The van der Waals surface area contributed by atoms with E-state index in [0.717, 1.165) is 0 Å². The van der Waals surface area contributed by atoms with Gasteiger partial charge < -0.3 is 5.11 Å². The smallest absolute Gasteiger partial charge is 0.343 e. The molecule has 0 saturated carbocycles. The van der Waals surface area contributed by atoms with Crippen LogP contribution in [0.4, 0.5) is 4.79 Å². The number of hydrogen-bond donors (Lipinski definition) is 5. The molecule has 82 valence electrons. The molecule has 0 saturated heterocycles. The number of nitrogens with two attached hydrogens (primary N) is 2. The Bertz CT molecular complexity index is 309. The number of aromatic carboxylic acids is 1. The van der Waals surface area contributed by atoms with Crippen LogP contribution in [0.2, 0.25) is 0 Å². The van der Waals surface area contributed by atoms with Crippen molar-refractivity contribution >= 4 is 12.0 Å². The second-order valence-electron chi connectivity index (χ2n) is 2.29. The van der Waals surface area contributed by atoms with Crippen LogP contribution in [0, 0.1) is 0 Å². The fourth-order valence-corrected chi connectivity index (χ4v) is 0.622. The second kappa shape index (κ2) is 7.30. The van der Waals surface area contributed by atoms with Gasteiger partial charge in [0.15, 0.2) is 0 Å². The molecule has 0 atom stereocenters. The van der Waals surface area contributed by atoms with Crippen molar-refractivity contribution in [3.63, 3.8) is 0 Å². The van der Waals surface area contributed by atoms with Crippen molar-refractivity contribution in [2.24, 2.45) is 11.7 Å². The van der Waals surface area contributed by atoms with Crippen molar-refractivity contribution in [1.82, 2.24) is 10.9 Å². The number of carboxylic acids is 1. The third kappa shape index (κ3) is 6.02. The number of benzene rings is 1. The second-order valence-corrected chi connectivity index (χ2v) is 2.29. The van der Waals surface area contributed by atoms with Crippen molar-refractivity contribution < 1.29 is 14.7 Å². The van der Waals surface area contributed by atoms with Crippen LogP contribution in [-0.4, -0.2) is 17.1 Å². The van der Waals surface area contributed by atoms with Gasteiger partial charge in [-0.3, -0.25) is 10.9 Å². The van der Waals surface area contributed by atoms with E-state index in [1.54, 1.807) is 41.2 Å². The molecule has 0 fully saturated rings. The quantitative estimate of drug-likeness (QED) is 0.241. The predicted molar refractivity (Wildman–Crippen MR) is 53.4 cm³/mol. The number of carbonyl (C=O) groups is 2. The molecule has 0 aliphatic rings. The molecule has 0 aliphatic heterocycles. The molecule has 15 heavy (non-hydrogen) atoms. The van der Waals surface area contributed by atoms with Gasteiger partial charge in [0.25, 0.3) is 0 Å². The Hall–Kier alpha value is -2.12. The van der Waals surface area contributed by atoms with Gasteiger partial charge in [-0.25, -0.2) is 21.3 Å². The summed E-state index contributed by atoms with van der Waals surface area (Å²) in [5, 5.41) is 8.38. The lowest BCUT2D eigenvalue weighted by atomic mass is 10.2. The fraction of sp³-hybridized carbons (Fsp3) is 0. The molecule has 0 radical (unpaired) electrons. The number of rotatable bonds is 1. The summed E-state index contributed by atoms with van der Waals surface area (Å²) in [4.78, 5) is 19.9. The van der Waals surface area contributed by atoms with Crippen LogP contribution in [0.25, 0.3) is 0 Å². The first-order valence-corrected chi connectivity index (χ1v) is 3.87. The lowest BCUT2D eigenvalue weighted by Gasteiger charge is -1.90. The first-order chi connectivity index (χ1) is 7.11. The van der Waals surface area contributed by atoms with Crippen molar-refractivity contribution in [2.75, 3.05) is 0 Å². The maximum absolute atomic E-state index is 10.2. The molecule has 2 amide bonds. The van der Waals surface area contributed by atoms with E-state index in [0.29, 0.717) is 5.56 Å². The molecule has 0 aliphatic carbocycles. The van der Waals surface area contributed by atoms with Crippen LogP contribution in [0.15, 0.2) is 30.3 Å². The summed E-state index contributed by atoms with van der Waals surface area (Å²) in [6, 6.07) is 7.69. The number of amides is 2. The molecule has 1 aromatic carbocycles. The summed E-state index contributed by atoms with van der Waals surface area (Å²) >= 11 is 0. The molecule has 0 unspecified atom stereocenters. The van der Waals surface area contributed by atoms with Crippen molar-refractivity contribution in [1.29, 1.82) is 0 Å². The Balaban J connectivity index is 0.000000288. The molecular formula is C8H12N4O3. The average molecular weight is 212 g/mol. The average Bonchev–Trinajstić information content (AvgIpc) is 2.30. The lowest BCUT2D eigenvalue weighted by molar-refractivity contribution is 0.0697. The lowest BCUT2D eigenvalue weighted by Crippen LogP contribution is -2.43. The Kier molecular flexibility index (Phi) is 6.27. The molecule has 7 N–H and O–H groups in total. The van der Waals surface area contributed by atoms with Crippen molar-refractivity contribution in [3.05, 3.63) is 35.9 Å². The summed E-state index contributed by atoms with van der Waals surface area (Å²) in [6.45, 7) is 0. The van der Waals surface area contributed by atoms with Crippen LogP contribution in [-0.2, 0) is 0 Å². The first kappa shape index (κ1) is 12.9. The molecule has 7 nitrogen and oxygen atoms in total. The van der Waals surface area contributed by atoms with Crippen LogP contribution in [0.5, 0.6) is 0 Å². The standard InChI is InChI=1S/C7H6O2.CH6N4O/c8-7(9)6-4-2-1-3-5-6;2-4-1(6)5-3/h1-5H,(H,8,9);2-3H2,(H2,4,5,6). The van der Waals surface area contributed by atoms with E-state index < -0.39 is 12.0 Å². The van der Waals surface area contributed by atoms with Gasteiger partial charge in [0.1, 0.15) is 0 Å². The maximum Gasteiger partial charge on any atom is 0.343 e. The number of carbonyl (C=O) groups excluding carboxylic acids is 1. The SMILES string of the molecule is NNC(=O)NN.O=C(O)c1ccccc1. The summed E-state index contributed by atoms with van der Waals surface area (Å²) in [7, 11) is 0. The number of hydrazine groups is 2. The highest BCUT2D eigenvalue weighted by Crippen LogP contribution is 1.96. The van der Waals surface area contributed by atoms with E-state index in [1.807, 2.05) is 0 Å². The Morgan fingerprint density at radius 2 is 1.53 bits per heavy atom. The largest absolute Gasteiger partial charge is 0.478 e. The van der Waals surface area contributed by atoms with Gasteiger partial charge in [0.05, 0.1) is 5.56 Å². The third-order valence-electron chi connectivity index (χ3n) is 1.28. The van der Waals surface area contributed by atoms with Crippen LogP contribution >= 0.6 is 0 Å². The fourth-order valence-electron chi connectivity index (χ4n) is 0.622. The zero-order valence-corrected chi connectivity index (χ0v) is 7.81. The molecule has 1 rings (SSSR count). The zero-order valence-electron chi connectivity index (χ0n) is 7.81. The van der Waals surface area contributed by atoms with E-state index >= 15 is 0 Å². The number of nitrogens with one attached hydrogen (secondary N) is 2. The van der Waals surface area contributed by atoms with E-state index in [4.69, 9.17) is 5.11 Å². The van der Waals surface area contributed by atoms with E-state index in [9.17, 15) is 9.59 Å². The highest BCUT2D eigenvalue weighted by molar-refractivity contribution is 5.87. The minimum absolute atomic E-state index is 0.331. The molecule has 0 spiro atoms. The predicted octanol–water partition coefficient (Wildman–Crippen LogP) is -0.582. The van der Waals surface area contributed by atoms with E-state index in [-0.39, 0.29) is 0 Å². The monoisotopic (exact) mass is 212 g/mol. The number of hydrogen-bond acceptors (Lipinski definition) is 4. The Morgan fingerprint density at radius 3 is 1.73 bits per heavy atom. The molecular weight excluding hydrogens is 200 g/mol. The molecule has 0 bridgehead atoms. The highest BCUT2D eigenvalue weighted by Gasteiger charge is 1.96. The maximum atomic E-state index is 10.2. The highest BCUT2D eigenvalue weighted by atomic mass is 16.4. The summed E-state index contributed by atoms with van der Waals surface area (Å²) in [5.41, 5.74) is 3.81. The third-order valence-corrected chi connectivity index (χ3v) is 1.28. The Labute approximate surface area is 86.0 Å². The van der Waals surface area contributed by atoms with Gasteiger partial charge in [0, 0.05) is 0 Å². The van der Waals surface area contributed by atoms with Gasteiger partial charge in [-0.2, -0.15) is 0 Å². The number of urea groups is 1. The normalized spacial score (nSPS) is 8.13. The Morgan fingerprint density at radius 1 is 1.07 bits per heavy atom. The molecule has 1 aromatic rings. The van der Waals surface area contributed by atoms with Gasteiger partial charge >= 0.3 is 12.0 Å². The van der Waals surface area contributed by atoms with Crippen LogP contribution in [0.3, 0.4) is 0 Å². The molecule has 7 heteroatoms. The topological polar surface area (TPSA) is 130 Å². The minimum Gasteiger partial charge on any atom is -0.478 e. The van der Waals surface area contributed by atoms with Crippen molar-refractivity contribution in [2.45, 2.75) is 0 Å². The summed E-state index contributed by atoms with van der Waals surface area (Å²) in [5.74, 6) is 8.20. The minimum atomic E-state index is -0.879. The van der Waals surface area contributed by atoms with Gasteiger partial charge in [-0.15, -0.1) is 0 Å². The molecule has 0 aromatic heterocycles. The van der Waals surface area contributed by atoms with Crippen molar-refractivity contribution in [3.8, 4) is 0 Å².